The van der Waals surface area contributed by atoms with Gasteiger partial charge in [0.1, 0.15) is 17.8 Å². The van der Waals surface area contributed by atoms with E-state index in [2.05, 4.69) is 16.0 Å². The number of ether oxygens (including phenoxy) is 1. The molecule has 7 heteroatoms. The second-order valence-electron chi connectivity index (χ2n) is 9.70. The Kier molecular flexibility index (Phi) is 9.29. The van der Waals surface area contributed by atoms with Gasteiger partial charge in [-0.1, -0.05) is 92.7 Å². The standard InChI is InChI=1S/C32H33N3O4/c1-22(2)13-18-28(36)35-29-30(25-11-7-4-8-12-25)39-26-16-14-23(15-17-26)19-20-33-31(37)27(34-32(29)38)21-24-9-5-3-6-10-24/h3-20,22,27,29-30H,21H2,1-2H3,(H,33,37)(H,34,38)(H,35,36)/t27-,29+,30+/m0/s1. The van der Waals surface area contributed by atoms with E-state index in [4.69, 9.17) is 4.74 Å². The van der Waals surface area contributed by atoms with Crippen molar-refractivity contribution in [2.45, 2.75) is 38.5 Å². The van der Waals surface area contributed by atoms with Gasteiger partial charge in [0.2, 0.25) is 17.7 Å². The number of hydrogen-bond donors (Lipinski definition) is 3. The molecule has 3 N–H and O–H groups in total. The first-order valence-corrected chi connectivity index (χ1v) is 13.0. The molecule has 3 aromatic carbocycles. The summed E-state index contributed by atoms with van der Waals surface area (Å²) in [6, 6.07) is 23.9. The lowest BCUT2D eigenvalue weighted by Crippen LogP contribution is -2.56. The Morgan fingerprint density at radius 1 is 0.923 bits per heavy atom. The molecule has 0 saturated carbocycles. The average Bonchev–Trinajstić information content (AvgIpc) is 2.94. The third-order valence-corrected chi connectivity index (χ3v) is 6.20. The number of fused-ring (bicyclic) bond motifs is 10. The lowest BCUT2D eigenvalue weighted by atomic mass is 9.99. The van der Waals surface area contributed by atoms with Crippen molar-refractivity contribution in [2.24, 2.45) is 5.92 Å². The smallest absolute Gasteiger partial charge is 0.247 e. The van der Waals surface area contributed by atoms with Crippen LogP contribution in [0.25, 0.3) is 6.08 Å². The van der Waals surface area contributed by atoms with Crippen molar-refractivity contribution in [1.29, 1.82) is 0 Å². The summed E-state index contributed by atoms with van der Waals surface area (Å²) in [6.45, 7) is 3.91. The molecule has 200 valence electrons. The van der Waals surface area contributed by atoms with Crippen LogP contribution in [0.5, 0.6) is 5.75 Å². The third kappa shape index (κ3) is 7.92. The van der Waals surface area contributed by atoms with Gasteiger partial charge < -0.3 is 20.7 Å². The van der Waals surface area contributed by atoms with Crippen LogP contribution in [0.1, 0.15) is 36.6 Å². The Bertz CT molecular complexity index is 1320. The maximum absolute atomic E-state index is 13.9. The van der Waals surface area contributed by atoms with Crippen LogP contribution in [0.2, 0.25) is 0 Å². The predicted molar refractivity (Wildman–Crippen MR) is 151 cm³/mol. The minimum absolute atomic E-state index is 0.153. The van der Waals surface area contributed by atoms with Crippen molar-refractivity contribution >= 4 is 23.8 Å². The molecule has 3 atom stereocenters. The van der Waals surface area contributed by atoms with Crippen LogP contribution in [0.3, 0.4) is 0 Å². The second-order valence-corrected chi connectivity index (χ2v) is 9.70. The van der Waals surface area contributed by atoms with Gasteiger partial charge in [-0.2, -0.15) is 0 Å². The number of carbonyl (C=O) groups is 3. The van der Waals surface area contributed by atoms with E-state index in [0.717, 1.165) is 11.1 Å². The van der Waals surface area contributed by atoms with Crippen LogP contribution in [-0.4, -0.2) is 29.8 Å². The van der Waals surface area contributed by atoms with Gasteiger partial charge in [-0.15, -0.1) is 0 Å². The molecule has 2 bridgehead atoms. The molecule has 0 saturated heterocycles. The summed E-state index contributed by atoms with van der Waals surface area (Å²) in [5.41, 5.74) is 2.45. The van der Waals surface area contributed by atoms with Gasteiger partial charge in [-0.3, -0.25) is 14.4 Å². The second kappa shape index (κ2) is 13.2. The van der Waals surface area contributed by atoms with Gasteiger partial charge in [0.25, 0.3) is 0 Å². The van der Waals surface area contributed by atoms with E-state index in [1.165, 1.54) is 6.08 Å². The van der Waals surface area contributed by atoms with Gasteiger partial charge in [-0.25, -0.2) is 0 Å². The lowest BCUT2D eigenvalue weighted by molar-refractivity contribution is -0.133. The molecule has 2 heterocycles. The van der Waals surface area contributed by atoms with Gasteiger partial charge in [0.05, 0.1) is 0 Å². The summed E-state index contributed by atoms with van der Waals surface area (Å²) in [7, 11) is 0. The van der Waals surface area contributed by atoms with E-state index in [1.807, 2.05) is 86.6 Å². The number of amides is 3. The summed E-state index contributed by atoms with van der Waals surface area (Å²) < 4.78 is 6.36. The van der Waals surface area contributed by atoms with Crippen molar-refractivity contribution in [3.63, 3.8) is 0 Å². The van der Waals surface area contributed by atoms with Crippen molar-refractivity contribution in [1.82, 2.24) is 16.0 Å². The Labute approximate surface area is 229 Å². The molecule has 0 spiro atoms. The maximum atomic E-state index is 13.9. The minimum atomic E-state index is -1.14. The minimum Gasteiger partial charge on any atom is -0.483 e. The highest BCUT2D eigenvalue weighted by Gasteiger charge is 2.35. The Morgan fingerprint density at radius 3 is 2.26 bits per heavy atom. The Morgan fingerprint density at radius 2 is 1.59 bits per heavy atom. The van der Waals surface area contributed by atoms with E-state index >= 15 is 0 Å². The topological polar surface area (TPSA) is 96.5 Å². The summed E-state index contributed by atoms with van der Waals surface area (Å²) in [4.78, 5) is 40.1. The largest absolute Gasteiger partial charge is 0.483 e. The number of rotatable bonds is 6. The summed E-state index contributed by atoms with van der Waals surface area (Å²) >= 11 is 0. The van der Waals surface area contributed by atoms with Crippen LogP contribution in [0, 0.1) is 5.92 Å². The zero-order valence-electron chi connectivity index (χ0n) is 22.0. The zero-order valence-corrected chi connectivity index (χ0v) is 22.0. The van der Waals surface area contributed by atoms with Crippen LogP contribution in [0.15, 0.2) is 103 Å². The first-order chi connectivity index (χ1) is 18.9. The number of carbonyl (C=O) groups excluding carboxylic acids is 3. The number of hydrogen-bond acceptors (Lipinski definition) is 4. The first kappa shape index (κ1) is 27.4. The van der Waals surface area contributed by atoms with Crippen LogP contribution < -0.4 is 20.7 Å². The average molecular weight is 524 g/mol. The van der Waals surface area contributed by atoms with E-state index in [9.17, 15) is 14.4 Å². The van der Waals surface area contributed by atoms with Crippen molar-refractivity contribution < 1.29 is 19.1 Å². The third-order valence-electron chi connectivity index (χ3n) is 6.20. The first-order valence-electron chi connectivity index (χ1n) is 13.0. The molecule has 0 unspecified atom stereocenters. The molecule has 0 aromatic heterocycles. The number of allylic oxidation sites excluding steroid dienone is 1. The zero-order chi connectivity index (χ0) is 27.6. The van der Waals surface area contributed by atoms with E-state index in [0.29, 0.717) is 11.3 Å². The highest BCUT2D eigenvalue weighted by atomic mass is 16.5. The van der Waals surface area contributed by atoms with E-state index in [-0.39, 0.29) is 18.2 Å². The van der Waals surface area contributed by atoms with Crippen LogP contribution in [0.4, 0.5) is 0 Å². The molecule has 0 radical (unpaired) electrons. The molecular formula is C32H33N3O4. The number of nitrogens with one attached hydrogen (secondary N) is 3. The molecule has 5 rings (SSSR count). The maximum Gasteiger partial charge on any atom is 0.247 e. The lowest BCUT2D eigenvalue weighted by Gasteiger charge is -2.30. The SMILES string of the molecule is CC(C)C=CC(=O)N[C@H]1C(=O)N[C@@H](Cc2ccccc2)C(=O)NC=Cc2ccc(cc2)O[C@@H]1c1ccccc1. The quantitative estimate of drug-likeness (QED) is 0.419. The molecule has 39 heavy (non-hydrogen) atoms. The Balaban J connectivity index is 1.76. The summed E-state index contributed by atoms with van der Waals surface area (Å²) in [6.07, 6.45) is 5.90. The van der Waals surface area contributed by atoms with Crippen molar-refractivity contribution in [2.75, 3.05) is 0 Å². The summed E-state index contributed by atoms with van der Waals surface area (Å²) in [5.74, 6) is -0.659. The highest BCUT2D eigenvalue weighted by Crippen LogP contribution is 2.26. The van der Waals surface area contributed by atoms with Gasteiger partial charge in [-0.05, 0) is 46.9 Å². The van der Waals surface area contributed by atoms with Crippen molar-refractivity contribution in [3.05, 3.63) is 120 Å². The molecular weight excluding hydrogens is 490 g/mol. The van der Waals surface area contributed by atoms with Crippen LogP contribution >= 0.6 is 0 Å². The normalized spacial score (nSPS) is 19.7. The fraction of sp³-hybridized carbons (Fsp3) is 0.219. The van der Waals surface area contributed by atoms with Gasteiger partial charge in [0, 0.05) is 12.6 Å². The molecule has 0 fully saturated rings. The molecule has 0 aliphatic carbocycles. The van der Waals surface area contributed by atoms with Crippen LogP contribution in [-0.2, 0) is 20.8 Å². The van der Waals surface area contributed by atoms with Gasteiger partial charge in [0.15, 0.2) is 6.10 Å². The molecule has 3 aromatic rings. The van der Waals surface area contributed by atoms with E-state index < -0.39 is 30.0 Å². The molecule has 2 aliphatic heterocycles. The highest BCUT2D eigenvalue weighted by molar-refractivity contribution is 5.95. The molecule has 2 aliphatic rings. The number of benzene rings is 3. The fourth-order valence-corrected chi connectivity index (χ4v) is 4.18. The molecule has 7 nitrogen and oxygen atoms in total. The monoisotopic (exact) mass is 523 g/mol. The molecule has 3 amide bonds. The Hall–Kier alpha value is -4.65. The van der Waals surface area contributed by atoms with Gasteiger partial charge >= 0.3 is 0 Å². The van der Waals surface area contributed by atoms with E-state index in [1.54, 1.807) is 30.5 Å². The fourth-order valence-electron chi connectivity index (χ4n) is 4.18. The predicted octanol–water partition coefficient (Wildman–Crippen LogP) is 4.33. The summed E-state index contributed by atoms with van der Waals surface area (Å²) in [5, 5.41) is 8.49. The van der Waals surface area contributed by atoms with Crippen molar-refractivity contribution in [3.8, 4) is 5.75 Å².